The van der Waals surface area contributed by atoms with Crippen LogP contribution in [0.1, 0.15) is 17.2 Å². The van der Waals surface area contributed by atoms with Crippen molar-refractivity contribution < 1.29 is 5.11 Å². The number of pyridine rings is 1. The molecule has 9 heavy (non-hydrogen) atoms. The van der Waals surface area contributed by atoms with E-state index in [0.717, 1.165) is 12.0 Å². The van der Waals surface area contributed by atoms with Crippen LogP contribution in [0.25, 0.3) is 0 Å². The molecule has 1 atom stereocenters. The van der Waals surface area contributed by atoms with Crippen LogP contribution >= 0.6 is 0 Å². The molecular weight excluding hydrogens is 114 g/mol. The topological polar surface area (TPSA) is 33.1 Å². The highest BCUT2D eigenvalue weighted by Gasteiger charge is 2.22. The van der Waals surface area contributed by atoms with E-state index in [0.29, 0.717) is 0 Å². The van der Waals surface area contributed by atoms with Gasteiger partial charge in [0, 0.05) is 18.8 Å². The molecule has 2 rings (SSSR count). The van der Waals surface area contributed by atoms with E-state index in [9.17, 15) is 0 Å². The van der Waals surface area contributed by atoms with E-state index in [1.54, 1.807) is 6.20 Å². The third kappa shape index (κ3) is 0.566. The van der Waals surface area contributed by atoms with Crippen LogP contribution in [0.4, 0.5) is 0 Å². The average molecular weight is 121 g/mol. The summed E-state index contributed by atoms with van der Waals surface area (Å²) in [5, 5.41) is 9.07. The van der Waals surface area contributed by atoms with Gasteiger partial charge < -0.3 is 5.11 Å². The second-order valence-corrected chi connectivity index (χ2v) is 2.29. The Morgan fingerprint density at radius 2 is 2.56 bits per heavy atom. The van der Waals surface area contributed by atoms with Crippen molar-refractivity contribution in [2.45, 2.75) is 12.5 Å². The third-order valence-electron chi connectivity index (χ3n) is 1.71. The van der Waals surface area contributed by atoms with E-state index in [2.05, 4.69) is 4.98 Å². The lowest BCUT2D eigenvalue weighted by Gasteiger charge is -2.23. The van der Waals surface area contributed by atoms with E-state index >= 15 is 0 Å². The highest BCUT2D eigenvalue weighted by Crippen LogP contribution is 2.30. The molecule has 0 saturated carbocycles. The van der Waals surface area contributed by atoms with Gasteiger partial charge in [-0.2, -0.15) is 0 Å². The summed E-state index contributed by atoms with van der Waals surface area (Å²) in [6.07, 6.45) is 4.08. The van der Waals surface area contributed by atoms with Crippen molar-refractivity contribution >= 4 is 0 Å². The Morgan fingerprint density at radius 3 is 3.11 bits per heavy atom. The minimum atomic E-state index is -0.219. The predicted octanol–water partition coefficient (Wildman–Crippen LogP) is 0.671. The Kier molecular flexibility index (Phi) is 0.848. The first-order valence-electron chi connectivity index (χ1n) is 2.99. The second-order valence-electron chi connectivity index (χ2n) is 2.29. The van der Waals surface area contributed by atoms with Crippen molar-refractivity contribution in [2.24, 2.45) is 0 Å². The first-order chi connectivity index (χ1) is 4.38. The van der Waals surface area contributed by atoms with E-state index in [-0.39, 0.29) is 6.10 Å². The van der Waals surface area contributed by atoms with Gasteiger partial charge in [0.05, 0.1) is 6.10 Å². The fraction of sp³-hybridized carbons (Fsp3) is 0.286. The molecule has 1 N–H and O–H groups in total. The summed E-state index contributed by atoms with van der Waals surface area (Å²) in [6.45, 7) is 0. The van der Waals surface area contributed by atoms with Crippen molar-refractivity contribution in [1.82, 2.24) is 4.98 Å². The predicted molar refractivity (Wildman–Crippen MR) is 32.9 cm³/mol. The molecule has 0 bridgehead atoms. The fourth-order valence-electron chi connectivity index (χ4n) is 1.12. The van der Waals surface area contributed by atoms with E-state index < -0.39 is 0 Å². The van der Waals surface area contributed by atoms with Crippen LogP contribution in [0, 0.1) is 0 Å². The number of rotatable bonds is 0. The normalized spacial score (nSPS) is 22.6. The van der Waals surface area contributed by atoms with Gasteiger partial charge in [0.1, 0.15) is 0 Å². The van der Waals surface area contributed by atoms with E-state index in [4.69, 9.17) is 5.11 Å². The van der Waals surface area contributed by atoms with Gasteiger partial charge in [-0.05, 0) is 17.2 Å². The van der Waals surface area contributed by atoms with Crippen molar-refractivity contribution in [3.8, 4) is 0 Å². The summed E-state index contributed by atoms with van der Waals surface area (Å²) in [6, 6.07) is 1.86. The second kappa shape index (κ2) is 1.54. The standard InChI is InChI=1S/C7H7NO/c9-7-3-5-4-8-2-1-6(5)7/h1-2,4,7,9H,3H2. The molecule has 1 aliphatic carbocycles. The van der Waals surface area contributed by atoms with Crippen LogP contribution in [-0.2, 0) is 6.42 Å². The van der Waals surface area contributed by atoms with Crippen LogP contribution in [0.2, 0.25) is 0 Å². The summed E-state index contributed by atoms with van der Waals surface area (Å²) in [5.74, 6) is 0. The number of hydrogen-bond acceptors (Lipinski definition) is 2. The first-order valence-corrected chi connectivity index (χ1v) is 2.99. The molecule has 0 aromatic carbocycles. The highest BCUT2D eigenvalue weighted by molar-refractivity contribution is 5.34. The zero-order valence-corrected chi connectivity index (χ0v) is 4.91. The maximum Gasteiger partial charge on any atom is 0.0834 e. The van der Waals surface area contributed by atoms with Gasteiger partial charge in [0.2, 0.25) is 0 Å². The highest BCUT2D eigenvalue weighted by atomic mass is 16.3. The largest absolute Gasteiger partial charge is 0.388 e. The maximum absolute atomic E-state index is 9.07. The lowest BCUT2D eigenvalue weighted by Crippen LogP contribution is -2.15. The first kappa shape index (κ1) is 4.94. The van der Waals surface area contributed by atoms with Gasteiger partial charge in [0.15, 0.2) is 0 Å². The summed E-state index contributed by atoms with van der Waals surface area (Å²) < 4.78 is 0. The van der Waals surface area contributed by atoms with Gasteiger partial charge in [0.25, 0.3) is 0 Å². The lowest BCUT2D eigenvalue weighted by molar-refractivity contribution is 0.153. The molecule has 0 fully saturated rings. The molecule has 0 radical (unpaired) electrons. The molecule has 1 aliphatic rings. The van der Waals surface area contributed by atoms with Crippen molar-refractivity contribution in [2.75, 3.05) is 0 Å². The zero-order valence-electron chi connectivity index (χ0n) is 4.91. The number of aliphatic hydroxyl groups excluding tert-OH is 1. The van der Waals surface area contributed by atoms with Gasteiger partial charge in [-0.3, -0.25) is 4.98 Å². The van der Waals surface area contributed by atoms with Crippen molar-refractivity contribution in [3.05, 3.63) is 29.6 Å². The molecule has 1 aromatic rings. The summed E-state index contributed by atoms with van der Waals surface area (Å²) in [7, 11) is 0. The van der Waals surface area contributed by atoms with E-state index in [1.165, 1.54) is 5.56 Å². The Morgan fingerprint density at radius 1 is 1.67 bits per heavy atom. The maximum atomic E-state index is 9.07. The van der Waals surface area contributed by atoms with E-state index in [1.807, 2.05) is 12.3 Å². The van der Waals surface area contributed by atoms with Crippen LogP contribution in [0.3, 0.4) is 0 Å². The molecule has 1 heterocycles. The molecule has 0 saturated heterocycles. The molecule has 1 aromatic heterocycles. The smallest absolute Gasteiger partial charge is 0.0834 e. The zero-order chi connectivity index (χ0) is 6.27. The molecule has 2 heteroatoms. The number of nitrogens with zero attached hydrogens (tertiary/aromatic N) is 1. The van der Waals surface area contributed by atoms with Gasteiger partial charge in [-0.15, -0.1) is 0 Å². The number of fused-ring (bicyclic) bond motifs is 1. The minimum Gasteiger partial charge on any atom is -0.388 e. The molecule has 0 amide bonds. The van der Waals surface area contributed by atoms with Gasteiger partial charge >= 0.3 is 0 Å². The van der Waals surface area contributed by atoms with Crippen molar-refractivity contribution in [1.29, 1.82) is 0 Å². The number of aliphatic hydroxyl groups is 1. The third-order valence-corrected chi connectivity index (χ3v) is 1.71. The number of hydrogen-bond donors (Lipinski definition) is 1. The monoisotopic (exact) mass is 121 g/mol. The SMILES string of the molecule is OC1Cc2cnccc21. The Hall–Kier alpha value is -0.890. The molecule has 46 valence electrons. The average Bonchev–Trinajstić information content (AvgIpc) is 1.86. The number of aromatic nitrogens is 1. The molecule has 0 aliphatic heterocycles. The van der Waals surface area contributed by atoms with Crippen LogP contribution in [-0.4, -0.2) is 10.1 Å². The summed E-state index contributed by atoms with van der Waals surface area (Å²) >= 11 is 0. The van der Waals surface area contributed by atoms with Crippen LogP contribution in [0.15, 0.2) is 18.5 Å². The molecule has 0 spiro atoms. The van der Waals surface area contributed by atoms with Crippen molar-refractivity contribution in [3.63, 3.8) is 0 Å². The summed E-state index contributed by atoms with van der Waals surface area (Å²) in [4.78, 5) is 3.92. The molecular formula is C7H7NO. The fourth-order valence-corrected chi connectivity index (χ4v) is 1.12. The lowest BCUT2D eigenvalue weighted by atomic mass is 9.88. The minimum absolute atomic E-state index is 0.219. The quantitative estimate of drug-likeness (QED) is 0.547. The van der Waals surface area contributed by atoms with Crippen LogP contribution in [0.5, 0.6) is 0 Å². The molecule has 1 unspecified atom stereocenters. The van der Waals surface area contributed by atoms with Gasteiger partial charge in [-0.25, -0.2) is 0 Å². The Labute approximate surface area is 53.2 Å². The Balaban J connectivity index is 2.51. The van der Waals surface area contributed by atoms with Gasteiger partial charge in [-0.1, -0.05) is 0 Å². The Bertz CT molecular complexity index is 234. The van der Waals surface area contributed by atoms with Crippen LogP contribution < -0.4 is 0 Å². The molecule has 2 nitrogen and oxygen atoms in total. The summed E-state index contributed by atoms with van der Waals surface area (Å²) in [5.41, 5.74) is 2.23.